The van der Waals surface area contributed by atoms with Gasteiger partial charge in [0.2, 0.25) is 0 Å². The number of rotatable bonds is 8. The smallest absolute Gasteiger partial charge is 0.161 e. The Balaban J connectivity index is 1.31. The molecule has 2 aromatic carbocycles. The maximum absolute atomic E-state index is 13.6. The number of hydrogen-bond donors (Lipinski definition) is 2. The Hall–Kier alpha value is -3.46. The molecule has 0 aliphatic carbocycles. The van der Waals surface area contributed by atoms with E-state index in [0.29, 0.717) is 59.4 Å². The lowest BCUT2D eigenvalue weighted by atomic mass is 10.1. The molecule has 0 fully saturated rings. The molecule has 0 atom stereocenters. The van der Waals surface area contributed by atoms with E-state index in [2.05, 4.69) is 25.5 Å². The van der Waals surface area contributed by atoms with Gasteiger partial charge in [0, 0.05) is 72.9 Å². The van der Waals surface area contributed by atoms with Crippen molar-refractivity contribution in [2.45, 2.75) is 0 Å². The monoisotopic (exact) mass is 443 g/mol. The largest absolute Gasteiger partial charge is 0.383 e. The van der Waals surface area contributed by atoms with Crippen molar-refractivity contribution < 1.29 is 17.6 Å². The minimum absolute atomic E-state index is 0.382. The molecule has 5 nitrogen and oxygen atoms in total. The third-order valence-electron chi connectivity index (χ3n) is 5.19. The molecule has 32 heavy (non-hydrogen) atoms. The van der Waals surface area contributed by atoms with Crippen molar-refractivity contribution >= 4 is 33.2 Å². The van der Waals surface area contributed by atoms with Gasteiger partial charge < -0.3 is 15.5 Å². The molecule has 166 valence electrons. The van der Waals surface area contributed by atoms with Crippen molar-refractivity contribution in [3.8, 4) is 0 Å². The summed E-state index contributed by atoms with van der Waals surface area (Å²) in [6, 6.07) is 7.88. The van der Waals surface area contributed by atoms with Crippen LogP contribution in [0.2, 0.25) is 0 Å². The molecular weight excluding hydrogens is 422 g/mol. The van der Waals surface area contributed by atoms with Crippen LogP contribution in [0.3, 0.4) is 0 Å². The Bertz CT molecular complexity index is 1170. The van der Waals surface area contributed by atoms with Gasteiger partial charge in [0.1, 0.15) is 0 Å². The molecule has 0 spiro atoms. The fraction of sp³-hybridized carbons (Fsp3) is 0.217. The van der Waals surface area contributed by atoms with Gasteiger partial charge in [-0.1, -0.05) is 0 Å². The highest BCUT2D eigenvalue weighted by atomic mass is 19.2. The van der Waals surface area contributed by atoms with E-state index in [1.807, 2.05) is 7.05 Å². The Morgan fingerprint density at radius 2 is 1.09 bits per heavy atom. The summed E-state index contributed by atoms with van der Waals surface area (Å²) in [6.45, 7) is 2.53. The standard InChI is InChI=1S/C23H21F4N5/c1-32(8-6-30-20-2-4-28-22-12-18(26)16(24)10-14(20)22)9-7-31-21-3-5-29-23-13-19(27)17(25)11-15(21)23/h2-5,10-13H,6-9H2,1H3,(H,28,30)(H,29,31). The summed E-state index contributed by atoms with van der Waals surface area (Å²) in [6.07, 6.45) is 3.09. The molecule has 0 aliphatic heterocycles. The maximum atomic E-state index is 13.6. The van der Waals surface area contributed by atoms with E-state index in [0.717, 1.165) is 24.3 Å². The summed E-state index contributed by atoms with van der Waals surface area (Å²) >= 11 is 0. The van der Waals surface area contributed by atoms with Crippen LogP contribution in [0.15, 0.2) is 48.8 Å². The summed E-state index contributed by atoms with van der Waals surface area (Å²) in [5.74, 6) is -3.68. The van der Waals surface area contributed by atoms with Gasteiger partial charge in [0.15, 0.2) is 23.3 Å². The topological polar surface area (TPSA) is 53.1 Å². The van der Waals surface area contributed by atoms with Crippen LogP contribution in [-0.2, 0) is 0 Å². The summed E-state index contributed by atoms with van der Waals surface area (Å²) in [5.41, 5.74) is 2.12. The second-order valence-corrected chi connectivity index (χ2v) is 7.44. The van der Waals surface area contributed by atoms with Crippen molar-refractivity contribution in [2.24, 2.45) is 0 Å². The predicted octanol–water partition coefficient (Wildman–Crippen LogP) is 4.80. The van der Waals surface area contributed by atoms with Gasteiger partial charge in [-0.25, -0.2) is 17.6 Å². The fourth-order valence-electron chi connectivity index (χ4n) is 3.46. The molecule has 0 unspecified atom stereocenters. The van der Waals surface area contributed by atoms with E-state index >= 15 is 0 Å². The molecule has 2 heterocycles. The Morgan fingerprint density at radius 1 is 0.688 bits per heavy atom. The van der Waals surface area contributed by atoms with Gasteiger partial charge >= 0.3 is 0 Å². The molecule has 9 heteroatoms. The van der Waals surface area contributed by atoms with Gasteiger partial charge in [-0.3, -0.25) is 9.97 Å². The van der Waals surface area contributed by atoms with Crippen LogP contribution in [0.5, 0.6) is 0 Å². The van der Waals surface area contributed by atoms with E-state index in [-0.39, 0.29) is 0 Å². The first kappa shape index (κ1) is 21.8. The number of halogens is 4. The number of nitrogens with zero attached hydrogens (tertiary/aromatic N) is 3. The van der Waals surface area contributed by atoms with Crippen LogP contribution >= 0.6 is 0 Å². The first-order chi connectivity index (χ1) is 15.4. The van der Waals surface area contributed by atoms with Crippen LogP contribution in [0.4, 0.5) is 28.9 Å². The average Bonchev–Trinajstić information content (AvgIpc) is 2.76. The third kappa shape index (κ3) is 4.72. The molecule has 0 bridgehead atoms. The van der Waals surface area contributed by atoms with E-state index in [1.165, 1.54) is 0 Å². The van der Waals surface area contributed by atoms with Crippen LogP contribution in [0, 0.1) is 23.3 Å². The molecule has 0 saturated heterocycles. The van der Waals surface area contributed by atoms with Crippen LogP contribution in [0.1, 0.15) is 0 Å². The molecule has 0 saturated carbocycles. The first-order valence-electron chi connectivity index (χ1n) is 10.1. The highest BCUT2D eigenvalue weighted by Crippen LogP contribution is 2.25. The summed E-state index contributed by atoms with van der Waals surface area (Å²) in [4.78, 5) is 10.2. The second kappa shape index (κ2) is 9.35. The van der Waals surface area contributed by atoms with Crippen molar-refractivity contribution in [1.82, 2.24) is 14.9 Å². The molecule has 2 aromatic heterocycles. The average molecular weight is 443 g/mol. The molecule has 4 rings (SSSR count). The van der Waals surface area contributed by atoms with Crippen LogP contribution in [0.25, 0.3) is 21.8 Å². The second-order valence-electron chi connectivity index (χ2n) is 7.44. The Morgan fingerprint density at radius 3 is 1.53 bits per heavy atom. The van der Waals surface area contributed by atoms with Gasteiger partial charge in [-0.05, 0) is 31.3 Å². The third-order valence-corrected chi connectivity index (χ3v) is 5.19. The number of hydrogen-bond acceptors (Lipinski definition) is 5. The first-order valence-corrected chi connectivity index (χ1v) is 10.1. The number of nitrogens with one attached hydrogen (secondary N) is 2. The number of likely N-dealkylation sites (N-methyl/N-ethyl adjacent to an activating group) is 1. The van der Waals surface area contributed by atoms with Crippen LogP contribution < -0.4 is 10.6 Å². The zero-order valence-electron chi connectivity index (χ0n) is 17.3. The molecule has 0 amide bonds. The number of anilines is 2. The van der Waals surface area contributed by atoms with Gasteiger partial charge in [0.25, 0.3) is 0 Å². The highest BCUT2D eigenvalue weighted by molar-refractivity contribution is 5.91. The van der Waals surface area contributed by atoms with E-state index in [4.69, 9.17) is 0 Å². The van der Waals surface area contributed by atoms with Gasteiger partial charge in [0.05, 0.1) is 11.0 Å². The zero-order chi connectivity index (χ0) is 22.7. The number of aromatic nitrogens is 2. The normalized spacial score (nSPS) is 11.4. The minimum Gasteiger partial charge on any atom is -0.383 e. The quantitative estimate of drug-likeness (QED) is 0.384. The van der Waals surface area contributed by atoms with Crippen molar-refractivity contribution in [2.75, 3.05) is 43.9 Å². The summed E-state index contributed by atoms with van der Waals surface area (Å²) < 4.78 is 54.0. The fourth-order valence-corrected chi connectivity index (χ4v) is 3.46. The molecule has 4 aromatic rings. The van der Waals surface area contributed by atoms with Crippen molar-refractivity contribution in [1.29, 1.82) is 0 Å². The lowest BCUT2D eigenvalue weighted by Crippen LogP contribution is -2.29. The summed E-state index contributed by atoms with van der Waals surface area (Å²) in [7, 11) is 1.95. The molecule has 0 radical (unpaired) electrons. The molecular formula is C23H21F4N5. The zero-order valence-corrected chi connectivity index (χ0v) is 17.3. The van der Waals surface area contributed by atoms with E-state index in [9.17, 15) is 17.6 Å². The number of benzene rings is 2. The number of pyridine rings is 2. The highest BCUT2D eigenvalue weighted by Gasteiger charge is 2.10. The Kier molecular flexibility index (Phi) is 6.36. The Labute approximate surface area is 182 Å². The van der Waals surface area contributed by atoms with Gasteiger partial charge in [-0.15, -0.1) is 0 Å². The van der Waals surface area contributed by atoms with Crippen molar-refractivity contribution in [3.63, 3.8) is 0 Å². The van der Waals surface area contributed by atoms with E-state index < -0.39 is 23.3 Å². The lowest BCUT2D eigenvalue weighted by molar-refractivity contribution is 0.361. The lowest BCUT2D eigenvalue weighted by Gasteiger charge is -2.19. The van der Waals surface area contributed by atoms with E-state index in [1.54, 1.807) is 24.5 Å². The minimum atomic E-state index is -0.927. The predicted molar refractivity (Wildman–Crippen MR) is 118 cm³/mol. The maximum Gasteiger partial charge on any atom is 0.161 e. The molecule has 0 aliphatic rings. The molecule has 2 N–H and O–H groups in total. The van der Waals surface area contributed by atoms with Crippen LogP contribution in [-0.4, -0.2) is 48.1 Å². The summed E-state index contributed by atoms with van der Waals surface area (Å²) in [5, 5.41) is 7.50. The SMILES string of the molecule is CN(CCNc1ccnc2cc(F)c(F)cc12)CCNc1ccnc2cc(F)c(F)cc12. The van der Waals surface area contributed by atoms with Crippen molar-refractivity contribution in [3.05, 3.63) is 72.1 Å². The van der Waals surface area contributed by atoms with Gasteiger partial charge in [-0.2, -0.15) is 0 Å². The number of fused-ring (bicyclic) bond motifs is 2.